The molecule has 0 N–H and O–H groups in total. The zero-order chi connectivity index (χ0) is 25.1. The molecule has 7 nitrogen and oxygen atoms in total. The van der Waals surface area contributed by atoms with E-state index < -0.39 is 10.0 Å². The highest BCUT2D eigenvalue weighted by Gasteiger charge is 2.31. The van der Waals surface area contributed by atoms with Crippen LogP contribution in [0.5, 0.6) is 0 Å². The van der Waals surface area contributed by atoms with Gasteiger partial charge in [-0.2, -0.15) is 4.31 Å². The summed E-state index contributed by atoms with van der Waals surface area (Å²) < 4.78 is 28.2. The summed E-state index contributed by atoms with van der Waals surface area (Å²) in [6, 6.07) is 12.7. The topological polar surface area (TPSA) is 60.0 Å². The van der Waals surface area contributed by atoms with Crippen molar-refractivity contribution in [1.82, 2.24) is 19.1 Å². The van der Waals surface area contributed by atoms with Crippen LogP contribution in [0.15, 0.2) is 47.5 Å². The number of piperazine rings is 2. The van der Waals surface area contributed by atoms with Gasteiger partial charge in [0.25, 0.3) is 0 Å². The number of rotatable bonds is 6. The van der Waals surface area contributed by atoms with Gasteiger partial charge in [-0.1, -0.05) is 31.4 Å². The van der Waals surface area contributed by atoms with E-state index in [0.717, 1.165) is 56.2 Å². The highest BCUT2D eigenvalue weighted by Crippen LogP contribution is 2.27. The molecule has 2 saturated heterocycles. The Kier molecular flexibility index (Phi) is 7.96. The molecular formula is C28H41N5O2S. The van der Waals surface area contributed by atoms with Crippen molar-refractivity contribution in [3.8, 4) is 11.1 Å². The zero-order valence-corrected chi connectivity index (χ0v) is 22.7. The monoisotopic (exact) mass is 511 g/mol. The maximum absolute atomic E-state index is 13.3. The van der Waals surface area contributed by atoms with Gasteiger partial charge >= 0.3 is 0 Å². The smallest absolute Gasteiger partial charge is 0.243 e. The quantitative estimate of drug-likeness (QED) is 0.586. The van der Waals surface area contributed by atoms with Crippen LogP contribution in [-0.2, 0) is 10.0 Å². The number of pyridine rings is 1. The van der Waals surface area contributed by atoms with Crippen LogP contribution in [0.25, 0.3) is 11.1 Å². The third kappa shape index (κ3) is 5.62. The van der Waals surface area contributed by atoms with Crippen molar-refractivity contribution in [2.45, 2.75) is 62.9 Å². The first kappa shape index (κ1) is 25.6. The molecular weight excluding hydrogens is 470 g/mol. The summed E-state index contributed by atoms with van der Waals surface area (Å²) in [4.78, 5) is 12.4. The predicted octanol–water partition coefficient (Wildman–Crippen LogP) is 3.92. The Bertz CT molecular complexity index is 1080. The Labute approximate surface area is 217 Å². The Morgan fingerprint density at radius 2 is 1.42 bits per heavy atom. The Hall–Kier alpha value is -2.00. The molecule has 1 aliphatic carbocycles. The van der Waals surface area contributed by atoms with E-state index in [9.17, 15) is 8.42 Å². The van der Waals surface area contributed by atoms with Crippen LogP contribution in [-0.4, -0.2) is 91.9 Å². The predicted molar refractivity (Wildman–Crippen MR) is 146 cm³/mol. The van der Waals surface area contributed by atoms with Crippen molar-refractivity contribution in [3.63, 3.8) is 0 Å². The lowest BCUT2D eigenvalue weighted by Crippen LogP contribution is -2.52. The molecule has 0 atom stereocenters. The van der Waals surface area contributed by atoms with Crippen molar-refractivity contribution in [1.29, 1.82) is 0 Å². The zero-order valence-electron chi connectivity index (χ0n) is 21.8. The number of benzene rings is 1. The van der Waals surface area contributed by atoms with Crippen LogP contribution < -0.4 is 4.90 Å². The van der Waals surface area contributed by atoms with Crippen LogP contribution in [0.1, 0.15) is 46.0 Å². The van der Waals surface area contributed by atoms with Gasteiger partial charge in [0.15, 0.2) is 0 Å². The van der Waals surface area contributed by atoms with Crippen molar-refractivity contribution in [3.05, 3.63) is 42.6 Å². The van der Waals surface area contributed by atoms with Gasteiger partial charge in [-0.05, 0) is 56.5 Å². The molecule has 0 spiro atoms. The first-order valence-electron chi connectivity index (χ1n) is 13.7. The minimum Gasteiger partial charge on any atom is -0.354 e. The molecule has 3 heterocycles. The molecule has 0 radical (unpaired) electrons. The normalized spacial score (nSPS) is 21.8. The van der Waals surface area contributed by atoms with Crippen LogP contribution in [0, 0.1) is 0 Å². The fourth-order valence-corrected chi connectivity index (χ4v) is 7.36. The van der Waals surface area contributed by atoms with Crippen LogP contribution in [0.2, 0.25) is 0 Å². The third-order valence-corrected chi connectivity index (χ3v) is 10.2. The average molecular weight is 512 g/mol. The molecule has 196 valence electrons. The third-order valence-electron chi connectivity index (χ3n) is 8.31. The van der Waals surface area contributed by atoms with E-state index in [1.807, 2.05) is 18.3 Å². The summed E-state index contributed by atoms with van der Waals surface area (Å²) >= 11 is 0. The fourth-order valence-electron chi connectivity index (χ4n) is 5.93. The second-order valence-electron chi connectivity index (χ2n) is 10.8. The summed E-state index contributed by atoms with van der Waals surface area (Å²) in [7, 11) is -3.47. The highest BCUT2D eigenvalue weighted by molar-refractivity contribution is 7.89. The van der Waals surface area contributed by atoms with Gasteiger partial charge in [0.1, 0.15) is 5.82 Å². The maximum Gasteiger partial charge on any atom is 0.243 e. The van der Waals surface area contributed by atoms with Gasteiger partial charge in [-0.3, -0.25) is 9.80 Å². The van der Waals surface area contributed by atoms with E-state index in [2.05, 4.69) is 40.7 Å². The number of hydrogen-bond acceptors (Lipinski definition) is 6. The number of sulfonamides is 1. The Balaban J connectivity index is 1.19. The lowest BCUT2D eigenvalue weighted by molar-refractivity contribution is 0.111. The van der Waals surface area contributed by atoms with Crippen molar-refractivity contribution in [2.24, 2.45) is 0 Å². The summed E-state index contributed by atoms with van der Waals surface area (Å²) in [6.45, 7) is 11.4. The molecule has 0 amide bonds. The maximum atomic E-state index is 13.3. The lowest BCUT2D eigenvalue weighted by atomic mass is 9.94. The number of hydrogen-bond donors (Lipinski definition) is 0. The van der Waals surface area contributed by atoms with Crippen LogP contribution >= 0.6 is 0 Å². The second kappa shape index (κ2) is 11.2. The average Bonchev–Trinajstić information content (AvgIpc) is 2.94. The molecule has 0 unspecified atom stereocenters. The lowest BCUT2D eigenvalue weighted by Gasteiger charge is -2.40. The van der Waals surface area contributed by atoms with E-state index in [1.54, 1.807) is 16.4 Å². The standard InChI is InChI=1S/C28H41N5O2S/c1-23(2)30-14-16-32(17-15-30)28-13-10-25(22-29-28)24-8-11-27(12-9-24)36(34,35)33-20-18-31(19-21-33)26-6-4-3-5-7-26/h8-13,22-23,26H,3-7,14-21H2,1-2H3. The van der Waals surface area contributed by atoms with E-state index in [1.165, 1.54) is 32.1 Å². The number of anilines is 1. The molecule has 2 aromatic rings. The van der Waals surface area contributed by atoms with E-state index in [4.69, 9.17) is 4.98 Å². The summed E-state index contributed by atoms with van der Waals surface area (Å²) in [6.07, 6.45) is 8.39. The molecule has 2 aliphatic heterocycles. The fraction of sp³-hybridized carbons (Fsp3) is 0.607. The summed E-state index contributed by atoms with van der Waals surface area (Å²) in [5.41, 5.74) is 1.99. The van der Waals surface area contributed by atoms with Gasteiger partial charge in [0.2, 0.25) is 10.0 Å². The molecule has 3 fully saturated rings. The van der Waals surface area contributed by atoms with E-state index >= 15 is 0 Å². The van der Waals surface area contributed by atoms with Gasteiger partial charge in [-0.15, -0.1) is 0 Å². The van der Waals surface area contributed by atoms with Gasteiger partial charge in [-0.25, -0.2) is 13.4 Å². The minimum atomic E-state index is -3.47. The molecule has 36 heavy (non-hydrogen) atoms. The van der Waals surface area contributed by atoms with Gasteiger partial charge in [0, 0.05) is 76.2 Å². The Morgan fingerprint density at radius 1 is 0.778 bits per heavy atom. The molecule has 1 aromatic carbocycles. The molecule has 1 aromatic heterocycles. The minimum absolute atomic E-state index is 0.380. The highest BCUT2D eigenvalue weighted by atomic mass is 32.2. The molecule has 8 heteroatoms. The SMILES string of the molecule is CC(C)N1CCN(c2ccc(-c3ccc(S(=O)(=O)N4CCN(C5CCCCC5)CC4)cc3)cn2)CC1. The number of aromatic nitrogens is 1. The van der Waals surface area contributed by atoms with Crippen molar-refractivity contribution >= 4 is 15.8 Å². The number of nitrogens with zero attached hydrogens (tertiary/aromatic N) is 5. The van der Waals surface area contributed by atoms with Crippen molar-refractivity contribution < 1.29 is 8.42 Å². The largest absolute Gasteiger partial charge is 0.354 e. The molecule has 0 bridgehead atoms. The van der Waals surface area contributed by atoms with Gasteiger partial charge < -0.3 is 4.90 Å². The molecule has 3 aliphatic rings. The summed E-state index contributed by atoms with van der Waals surface area (Å²) in [5, 5.41) is 0. The second-order valence-corrected chi connectivity index (χ2v) is 12.7. The van der Waals surface area contributed by atoms with Gasteiger partial charge in [0.05, 0.1) is 4.90 Å². The Morgan fingerprint density at radius 3 is 2.00 bits per heavy atom. The van der Waals surface area contributed by atoms with Crippen LogP contribution in [0.4, 0.5) is 5.82 Å². The van der Waals surface area contributed by atoms with E-state index in [-0.39, 0.29) is 0 Å². The summed E-state index contributed by atoms with van der Waals surface area (Å²) in [5.74, 6) is 1.01. The first-order chi connectivity index (χ1) is 17.4. The van der Waals surface area contributed by atoms with Crippen molar-refractivity contribution in [2.75, 3.05) is 57.3 Å². The molecule has 1 saturated carbocycles. The van der Waals surface area contributed by atoms with E-state index in [0.29, 0.717) is 30.1 Å². The first-order valence-corrected chi connectivity index (χ1v) is 15.2. The van der Waals surface area contributed by atoms with Crippen LogP contribution in [0.3, 0.4) is 0 Å². The molecule has 5 rings (SSSR count).